The van der Waals surface area contributed by atoms with Gasteiger partial charge in [0.1, 0.15) is 6.26 Å². The van der Waals surface area contributed by atoms with Gasteiger partial charge in [-0.15, -0.1) is 16.4 Å². The van der Waals surface area contributed by atoms with E-state index in [4.69, 9.17) is 9.15 Å². The number of nitrogens with one attached hydrogen (secondary N) is 1. The predicted octanol–water partition coefficient (Wildman–Crippen LogP) is 2.76. The number of thiophene rings is 1. The zero-order valence-electron chi connectivity index (χ0n) is 12.8. The summed E-state index contributed by atoms with van der Waals surface area (Å²) >= 11 is 3.05. The third-order valence-electron chi connectivity index (χ3n) is 3.77. The average molecular weight is 364 g/mol. The fraction of sp³-hybridized carbons (Fsp3) is 0.400. The quantitative estimate of drug-likeness (QED) is 0.677. The van der Waals surface area contributed by atoms with Crippen molar-refractivity contribution in [1.29, 1.82) is 0 Å². The molecule has 1 saturated heterocycles. The van der Waals surface area contributed by atoms with Crippen LogP contribution in [0.1, 0.15) is 18.5 Å². The van der Waals surface area contributed by atoms with Crippen LogP contribution in [0.25, 0.3) is 10.8 Å². The number of nitrogens with zero attached hydrogens (tertiary/aromatic N) is 3. The van der Waals surface area contributed by atoms with Crippen LogP contribution in [0.2, 0.25) is 0 Å². The lowest BCUT2D eigenvalue weighted by molar-refractivity contribution is 0.0941. The van der Waals surface area contributed by atoms with E-state index in [0.29, 0.717) is 23.3 Å². The van der Waals surface area contributed by atoms with E-state index in [9.17, 15) is 4.79 Å². The Bertz CT molecular complexity index is 846. The number of thioether (sulfide) groups is 1. The number of ether oxygens (including phenoxy) is 1. The van der Waals surface area contributed by atoms with Crippen molar-refractivity contribution >= 4 is 23.1 Å². The predicted molar refractivity (Wildman–Crippen MR) is 91.2 cm³/mol. The highest BCUT2D eigenvalue weighted by Gasteiger charge is 2.20. The van der Waals surface area contributed by atoms with E-state index in [0.717, 1.165) is 30.0 Å². The first kappa shape index (κ1) is 15.7. The van der Waals surface area contributed by atoms with Gasteiger partial charge in [0, 0.05) is 12.4 Å². The van der Waals surface area contributed by atoms with E-state index in [1.807, 2.05) is 17.5 Å². The molecule has 1 N–H and O–H groups in total. The third-order valence-corrected chi connectivity index (χ3v) is 5.63. The number of aromatic nitrogens is 4. The maximum Gasteiger partial charge on any atom is 0.344 e. The van der Waals surface area contributed by atoms with Gasteiger partial charge < -0.3 is 9.15 Å². The summed E-state index contributed by atoms with van der Waals surface area (Å²) < 4.78 is 12.8. The van der Waals surface area contributed by atoms with Crippen molar-refractivity contribution in [3.05, 3.63) is 40.0 Å². The smallest absolute Gasteiger partial charge is 0.344 e. The molecule has 7 nitrogen and oxygen atoms in total. The van der Waals surface area contributed by atoms with Crippen LogP contribution in [0.5, 0.6) is 0 Å². The normalized spacial score (nSPS) is 17.6. The number of oxazole rings is 1. The van der Waals surface area contributed by atoms with Gasteiger partial charge in [0.05, 0.1) is 23.2 Å². The van der Waals surface area contributed by atoms with Crippen LogP contribution in [0, 0.1) is 0 Å². The minimum Gasteiger partial charge on any atom is -0.444 e. The van der Waals surface area contributed by atoms with Crippen LogP contribution in [0.15, 0.2) is 38.1 Å². The van der Waals surface area contributed by atoms with Crippen LogP contribution >= 0.6 is 23.1 Å². The van der Waals surface area contributed by atoms with Gasteiger partial charge in [-0.1, -0.05) is 17.8 Å². The molecule has 3 aromatic heterocycles. The van der Waals surface area contributed by atoms with E-state index < -0.39 is 0 Å². The Morgan fingerprint density at radius 2 is 2.46 bits per heavy atom. The lowest BCUT2D eigenvalue weighted by Gasteiger charge is -2.10. The van der Waals surface area contributed by atoms with Crippen molar-refractivity contribution in [3.8, 4) is 10.8 Å². The molecule has 0 spiro atoms. The van der Waals surface area contributed by atoms with Crippen LogP contribution in [0.4, 0.5) is 0 Å². The molecule has 0 amide bonds. The molecule has 4 rings (SSSR count). The number of hydrogen-bond donors (Lipinski definition) is 1. The summed E-state index contributed by atoms with van der Waals surface area (Å²) in [6, 6.07) is 3.94. The second-order valence-electron chi connectivity index (χ2n) is 5.47. The maximum atomic E-state index is 11.9. The molecule has 0 radical (unpaired) electrons. The highest BCUT2D eigenvalue weighted by molar-refractivity contribution is 7.98. The molecule has 0 bridgehead atoms. The summed E-state index contributed by atoms with van der Waals surface area (Å²) in [4.78, 5) is 17.4. The van der Waals surface area contributed by atoms with Crippen LogP contribution in [0.3, 0.4) is 0 Å². The van der Waals surface area contributed by atoms with Gasteiger partial charge in [-0.3, -0.25) is 4.57 Å². The van der Waals surface area contributed by atoms with E-state index in [2.05, 4.69) is 15.2 Å². The summed E-state index contributed by atoms with van der Waals surface area (Å²) in [5, 5.41) is 9.26. The molecule has 9 heteroatoms. The number of rotatable bonds is 6. The van der Waals surface area contributed by atoms with E-state index >= 15 is 0 Å². The van der Waals surface area contributed by atoms with Gasteiger partial charge in [0.25, 0.3) is 0 Å². The number of aromatic amines is 1. The lowest BCUT2D eigenvalue weighted by atomic mass is 10.2. The first-order valence-corrected chi connectivity index (χ1v) is 9.54. The molecule has 1 aliphatic heterocycles. The molecule has 1 atom stereocenters. The molecule has 126 valence electrons. The molecule has 0 saturated carbocycles. The molecular formula is C15H16N4O3S2. The number of hydrogen-bond acceptors (Lipinski definition) is 7. The van der Waals surface area contributed by atoms with Gasteiger partial charge in [0.2, 0.25) is 5.89 Å². The Hall–Kier alpha value is -1.84. The molecule has 4 heterocycles. The zero-order valence-corrected chi connectivity index (χ0v) is 14.4. The SMILES string of the molecule is O=c1[nH]nc(SCc2coc(-c3cccs3)n2)n1CC1CCCO1. The standard InChI is InChI=1S/C15H16N4O3S2/c20-14-17-18-15(19(14)7-11-3-1-5-21-11)24-9-10-8-22-13(16-10)12-4-2-6-23-12/h2,4,6,8,11H,1,3,5,7,9H2,(H,17,20). The Morgan fingerprint density at radius 3 is 3.25 bits per heavy atom. The first-order valence-electron chi connectivity index (χ1n) is 7.67. The van der Waals surface area contributed by atoms with Gasteiger partial charge in [-0.2, -0.15) is 0 Å². The van der Waals surface area contributed by atoms with Crippen molar-refractivity contribution < 1.29 is 9.15 Å². The lowest BCUT2D eigenvalue weighted by Crippen LogP contribution is -2.24. The van der Waals surface area contributed by atoms with Gasteiger partial charge in [-0.25, -0.2) is 14.9 Å². The fourth-order valence-electron chi connectivity index (χ4n) is 2.59. The fourth-order valence-corrected chi connectivity index (χ4v) is 4.08. The van der Waals surface area contributed by atoms with Gasteiger partial charge in [-0.05, 0) is 24.3 Å². The summed E-state index contributed by atoms with van der Waals surface area (Å²) in [5.74, 6) is 1.21. The largest absolute Gasteiger partial charge is 0.444 e. The molecule has 24 heavy (non-hydrogen) atoms. The van der Waals surface area contributed by atoms with Gasteiger partial charge >= 0.3 is 5.69 Å². The minimum atomic E-state index is -0.201. The van der Waals surface area contributed by atoms with Crippen molar-refractivity contribution in [3.63, 3.8) is 0 Å². The summed E-state index contributed by atoms with van der Waals surface area (Å²) in [6.45, 7) is 1.31. The monoisotopic (exact) mass is 364 g/mol. The van der Waals surface area contributed by atoms with E-state index in [-0.39, 0.29) is 11.8 Å². The summed E-state index contributed by atoms with van der Waals surface area (Å²) in [6.07, 6.45) is 3.77. The van der Waals surface area contributed by atoms with Crippen molar-refractivity contribution in [1.82, 2.24) is 19.7 Å². The van der Waals surface area contributed by atoms with Gasteiger partial charge in [0.15, 0.2) is 5.16 Å². The molecule has 0 aromatic carbocycles. The Morgan fingerprint density at radius 1 is 1.50 bits per heavy atom. The number of H-pyrrole nitrogens is 1. The zero-order chi connectivity index (χ0) is 16.4. The second kappa shape index (κ2) is 6.96. The molecule has 0 aliphatic carbocycles. The van der Waals surface area contributed by atoms with Crippen LogP contribution in [-0.2, 0) is 17.0 Å². The second-order valence-corrected chi connectivity index (χ2v) is 7.36. The topological polar surface area (TPSA) is 85.9 Å². The molecule has 1 unspecified atom stereocenters. The van der Waals surface area contributed by atoms with Crippen molar-refractivity contribution in [2.45, 2.75) is 36.4 Å². The maximum absolute atomic E-state index is 11.9. The summed E-state index contributed by atoms with van der Waals surface area (Å²) in [7, 11) is 0. The Kier molecular flexibility index (Phi) is 4.54. The molecule has 1 fully saturated rings. The molecule has 3 aromatic rings. The highest BCUT2D eigenvalue weighted by Crippen LogP contribution is 2.26. The third kappa shape index (κ3) is 3.33. The highest BCUT2D eigenvalue weighted by atomic mass is 32.2. The van der Waals surface area contributed by atoms with E-state index in [1.165, 1.54) is 11.8 Å². The Balaban J connectivity index is 1.43. The van der Waals surface area contributed by atoms with Crippen molar-refractivity contribution in [2.24, 2.45) is 0 Å². The molecular weight excluding hydrogens is 348 g/mol. The summed E-state index contributed by atoms with van der Waals surface area (Å²) in [5.41, 5.74) is 0.620. The Labute approximate surface area is 146 Å². The molecule has 1 aliphatic rings. The average Bonchev–Trinajstić information content (AvgIpc) is 3.36. The van der Waals surface area contributed by atoms with E-state index in [1.54, 1.807) is 22.2 Å². The van der Waals surface area contributed by atoms with Crippen LogP contribution in [-0.4, -0.2) is 32.5 Å². The van der Waals surface area contributed by atoms with Crippen molar-refractivity contribution in [2.75, 3.05) is 6.61 Å². The van der Waals surface area contributed by atoms with Crippen LogP contribution < -0.4 is 5.69 Å². The minimum absolute atomic E-state index is 0.0946. The first-order chi connectivity index (χ1) is 11.8.